The SMILES string of the molecule is CCC/C=C\C=CCCCCCCCO. The molecule has 0 aromatic heterocycles. The molecule has 0 rings (SSSR count). The van der Waals surface area contributed by atoms with Crippen LogP contribution in [-0.4, -0.2) is 11.7 Å². The zero-order valence-electron chi connectivity index (χ0n) is 10.1. The highest BCUT2D eigenvalue weighted by Gasteiger charge is 1.87. The Labute approximate surface area is 94.9 Å². The van der Waals surface area contributed by atoms with Crippen molar-refractivity contribution in [2.75, 3.05) is 6.61 Å². The zero-order chi connectivity index (χ0) is 11.2. The smallest absolute Gasteiger partial charge is 0.0431 e. The summed E-state index contributed by atoms with van der Waals surface area (Å²) in [6, 6.07) is 0. The van der Waals surface area contributed by atoms with Gasteiger partial charge in [0.1, 0.15) is 0 Å². The lowest BCUT2D eigenvalue weighted by atomic mass is 10.1. The number of hydrogen-bond donors (Lipinski definition) is 1. The number of rotatable bonds is 10. The largest absolute Gasteiger partial charge is 0.396 e. The molecule has 0 fully saturated rings. The number of allylic oxidation sites excluding steroid dienone is 4. The summed E-state index contributed by atoms with van der Waals surface area (Å²) >= 11 is 0. The van der Waals surface area contributed by atoms with Gasteiger partial charge in [-0.3, -0.25) is 0 Å². The van der Waals surface area contributed by atoms with Gasteiger partial charge in [-0.15, -0.1) is 0 Å². The molecule has 0 aromatic rings. The molecule has 0 aliphatic heterocycles. The first-order chi connectivity index (χ1) is 7.41. The lowest BCUT2D eigenvalue weighted by Gasteiger charge is -1.96. The van der Waals surface area contributed by atoms with Gasteiger partial charge in [0.05, 0.1) is 0 Å². The molecule has 0 radical (unpaired) electrons. The lowest BCUT2D eigenvalue weighted by Crippen LogP contribution is -1.82. The Bertz CT molecular complexity index is 159. The molecule has 0 spiro atoms. The molecule has 15 heavy (non-hydrogen) atoms. The van der Waals surface area contributed by atoms with Crippen LogP contribution >= 0.6 is 0 Å². The zero-order valence-corrected chi connectivity index (χ0v) is 10.1. The molecular formula is C14H26O. The van der Waals surface area contributed by atoms with Crippen molar-refractivity contribution in [1.82, 2.24) is 0 Å². The number of aliphatic hydroxyl groups is 1. The predicted octanol–water partition coefficient (Wildman–Crippen LogP) is 4.23. The van der Waals surface area contributed by atoms with Crippen LogP contribution in [-0.2, 0) is 0 Å². The van der Waals surface area contributed by atoms with Crippen LogP contribution in [0.15, 0.2) is 24.3 Å². The minimum atomic E-state index is 0.349. The lowest BCUT2D eigenvalue weighted by molar-refractivity contribution is 0.282. The summed E-state index contributed by atoms with van der Waals surface area (Å²) < 4.78 is 0. The summed E-state index contributed by atoms with van der Waals surface area (Å²) in [5.41, 5.74) is 0. The van der Waals surface area contributed by atoms with E-state index >= 15 is 0 Å². The van der Waals surface area contributed by atoms with E-state index in [0.717, 1.165) is 6.42 Å². The normalized spacial score (nSPS) is 11.9. The monoisotopic (exact) mass is 210 g/mol. The maximum atomic E-state index is 8.59. The van der Waals surface area contributed by atoms with E-state index in [0.29, 0.717) is 6.61 Å². The molecule has 0 atom stereocenters. The maximum Gasteiger partial charge on any atom is 0.0431 e. The Kier molecular flexibility index (Phi) is 12.9. The molecular weight excluding hydrogens is 184 g/mol. The van der Waals surface area contributed by atoms with E-state index in [4.69, 9.17) is 5.11 Å². The highest BCUT2D eigenvalue weighted by Crippen LogP contribution is 2.05. The van der Waals surface area contributed by atoms with Crippen molar-refractivity contribution >= 4 is 0 Å². The minimum Gasteiger partial charge on any atom is -0.396 e. The van der Waals surface area contributed by atoms with Crippen molar-refractivity contribution in [3.05, 3.63) is 24.3 Å². The standard InChI is InChI=1S/C14H26O/c1-2-3-4-5-6-7-8-9-10-11-12-13-14-15/h4-7,15H,2-3,8-14H2,1H3/b5-4-,7-6?. The van der Waals surface area contributed by atoms with Crippen LogP contribution in [0.1, 0.15) is 58.3 Å². The van der Waals surface area contributed by atoms with E-state index in [1.807, 2.05) is 0 Å². The topological polar surface area (TPSA) is 20.2 Å². The van der Waals surface area contributed by atoms with E-state index in [1.54, 1.807) is 0 Å². The third-order valence-corrected chi connectivity index (χ3v) is 2.37. The molecule has 1 nitrogen and oxygen atoms in total. The van der Waals surface area contributed by atoms with E-state index in [-0.39, 0.29) is 0 Å². The van der Waals surface area contributed by atoms with Crippen molar-refractivity contribution in [2.45, 2.75) is 58.3 Å². The quantitative estimate of drug-likeness (QED) is 0.422. The van der Waals surface area contributed by atoms with Gasteiger partial charge < -0.3 is 5.11 Å². The van der Waals surface area contributed by atoms with Gasteiger partial charge in [-0.1, -0.05) is 56.9 Å². The van der Waals surface area contributed by atoms with Crippen molar-refractivity contribution in [3.8, 4) is 0 Å². The molecule has 1 N–H and O–H groups in total. The van der Waals surface area contributed by atoms with Crippen molar-refractivity contribution in [2.24, 2.45) is 0 Å². The third kappa shape index (κ3) is 13.4. The number of hydrogen-bond acceptors (Lipinski definition) is 1. The minimum absolute atomic E-state index is 0.349. The summed E-state index contributed by atoms with van der Waals surface area (Å²) in [4.78, 5) is 0. The summed E-state index contributed by atoms with van der Waals surface area (Å²) in [5.74, 6) is 0. The molecule has 0 heterocycles. The van der Waals surface area contributed by atoms with Crippen molar-refractivity contribution < 1.29 is 5.11 Å². The molecule has 0 saturated heterocycles. The third-order valence-electron chi connectivity index (χ3n) is 2.37. The Hall–Kier alpha value is -0.560. The first-order valence-electron chi connectivity index (χ1n) is 6.34. The summed E-state index contributed by atoms with van der Waals surface area (Å²) in [7, 11) is 0. The van der Waals surface area contributed by atoms with Crippen LogP contribution < -0.4 is 0 Å². The maximum absolute atomic E-state index is 8.59. The summed E-state index contributed by atoms with van der Waals surface area (Å²) in [6.07, 6.45) is 18.4. The van der Waals surface area contributed by atoms with Crippen LogP contribution in [0.25, 0.3) is 0 Å². The highest BCUT2D eigenvalue weighted by atomic mass is 16.2. The van der Waals surface area contributed by atoms with E-state index in [1.165, 1.54) is 44.9 Å². The predicted molar refractivity (Wildman–Crippen MR) is 68.0 cm³/mol. The van der Waals surface area contributed by atoms with E-state index < -0.39 is 0 Å². The average Bonchev–Trinajstić information content (AvgIpc) is 2.26. The van der Waals surface area contributed by atoms with Gasteiger partial charge in [0.25, 0.3) is 0 Å². The Morgan fingerprint density at radius 2 is 1.40 bits per heavy atom. The first kappa shape index (κ1) is 14.4. The molecule has 0 unspecified atom stereocenters. The number of aliphatic hydroxyl groups excluding tert-OH is 1. The fourth-order valence-corrected chi connectivity index (χ4v) is 1.42. The number of unbranched alkanes of at least 4 members (excludes halogenated alkanes) is 6. The molecule has 1 heteroatoms. The molecule has 0 aliphatic rings. The molecule has 0 aliphatic carbocycles. The molecule has 0 saturated carbocycles. The van der Waals surface area contributed by atoms with Gasteiger partial charge in [-0.25, -0.2) is 0 Å². The Morgan fingerprint density at radius 3 is 2.07 bits per heavy atom. The fraction of sp³-hybridized carbons (Fsp3) is 0.714. The summed E-state index contributed by atoms with van der Waals surface area (Å²) in [5, 5.41) is 8.59. The van der Waals surface area contributed by atoms with Gasteiger partial charge in [0.15, 0.2) is 0 Å². The van der Waals surface area contributed by atoms with Crippen molar-refractivity contribution in [1.29, 1.82) is 0 Å². The van der Waals surface area contributed by atoms with Gasteiger partial charge in [0.2, 0.25) is 0 Å². The van der Waals surface area contributed by atoms with Gasteiger partial charge >= 0.3 is 0 Å². The van der Waals surface area contributed by atoms with E-state index in [9.17, 15) is 0 Å². The van der Waals surface area contributed by atoms with Gasteiger partial charge in [-0.2, -0.15) is 0 Å². The second-order valence-electron chi connectivity index (χ2n) is 3.93. The average molecular weight is 210 g/mol. The second kappa shape index (κ2) is 13.4. The van der Waals surface area contributed by atoms with Crippen LogP contribution in [0.2, 0.25) is 0 Å². The fourth-order valence-electron chi connectivity index (χ4n) is 1.42. The van der Waals surface area contributed by atoms with Crippen LogP contribution in [0.5, 0.6) is 0 Å². The summed E-state index contributed by atoms with van der Waals surface area (Å²) in [6.45, 7) is 2.54. The van der Waals surface area contributed by atoms with E-state index in [2.05, 4.69) is 31.2 Å². The second-order valence-corrected chi connectivity index (χ2v) is 3.93. The van der Waals surface area contributed by atoms with Gasteiger partial charge in [0, 0.05) is 6.61 Å². The Balaban J connectivity index is 3.09. The molecule has 0 bridgehead atoms. The molecule has 0 amide bonds. The molecule has 88 valence electrons. The van der Waals surface area contributed by atoms with Crippen LogP contribution in [0.4, 0.5) is 0 Å². The highest BCUT2D eigenvalue weighted by molar-refractivity contribution is 5.02. The van der Waals surface area contributed by atoms with Crippen molar-refractivity contribution in [3.63, 3.8) is 0 Å². The van der Waals surface area contributed by atoms with Crippen LogP contribution in [0, 0.1) is 0 Å². The van der Waals surface area contributed by atoms with Crippen LogP contribution in [0.3, 0.4) is 0 Å². The van der Waals surface area contributed by atoms with Gasteiger partial charge in [-0.05, 0) is 25.7 Å². The Morgan fingerprint density at radius 1 is 0.800 bits per heavy atom. The first-order valence-corrected chi connectivity index (χ1v) is 6.34. The molecule has 0 aromatic carbocycles.